The number of benzene rings is 3. The zero-order valence-corrected chi connectivity index (χ0v) is 19.3. The molecule has 0 spiro atoms. The van der Waals surface area contributed by atoms with Gasteiger partial charge in [0, 0.05) is 22.8 Å². The molecule has 168 valence electrons. The SMILES string of the molecule is COc1ccc(NC(=O)c2ccc(CN(c3nccs3)S(=O)(=O)c3ccccc3)cc2)cc1. The van der Waals surface area contributed by atoms with E-state index in [1.54, 1.807) is 97.5 Å². The fourth-order valence-electron chi connectivity index (χ4n) is 3.12. The second-order valence-corrected chi connectivity index (χ2v) is 9.75. The lowest BCUT2D eigenvalue weighted by molar-refractivity contribution is 0.102. The summed E-state index contributed by atoms with van der Waals surface area (Å²) in [5.41, 5.74) is 1.83. The monoisotopic (exact) mass is 479 g/mol. The molecule has 0 bridgehead atoms. The molecule has 9 heteroatoms. The number of carbonyl (C=O) groups is 1. The van der Waals surface area contributed by atoms with Crippen LogP contribution in [0.3, 0.4) is 0 Å². The summed E-state index contributed by atoms with van der Waals surface area (Å²) < 4.78 is 33.0. The van der Waals surface area contributed by atoms with Gasteiger partial charge in [-0.3, -0.25) is 4.79 Å². The first-order chi connectivity index (χ1) is 16.0. The van der Waals surface area contributed by atoms with Crippen molar-refractivity contribution in [3.63, 3.8) is 0 Å². The summed E-state index contributed by atoms with van der Waals surface area (Å²) in [5.74, 6) is 0.438. The Bertz CT molecular complexity index is 1310. The van der Waals surface area contributed by atoms with Crippen LogP contribution in [0.5, 0.6) is 5.75 Å². The fourth-order valence-corrected chi connectivity index (χ4v) is 5.42. The molecular formula is C24H21N3O4S2. The summed E-state index contributed by atoms with van der Waals surface area (Å²) in [6.07, 6.45) is 1.57. The van der Waals surface area contributed by atoms with Gasteiger partial charge < -0.3 is 10.1 Å². The number of thiazole rings is 1. The van der Waals surface area contributed by atoms with Crippen LogP contribution in [0.4, 0.5) is 10.8 Å². The molecule has 1 amide bonds. The first-order valence-corrected chi connectivity index (χ1v) is 12.3. The van der Waals surface area contributed by atoms with E-state index in [1.807, 2.05) is 0 Å². The molecule has 1 N–H and O–H groups in total. The first kappa shape index (κ1) is 22.5. The van der Waals surface area contributed by atoms with Crippen molar-refractivity contribution < 1.29 is 17.9 Å². The number of ether oxygens (including phenoxy) is 1. The Labute approximate surface area is 196 Å². The van der Waals surface area contributed by atoms with Gasteiger partial charge in [0.15, 0.2) is 5.13 Å². The average Bonchev–Trinajstić information content (AvgIpc) is 3.38. The van der Waals surface area contributed by atoms with E-state index < -0.39 is 10.0 Å². The van der Waals surface area contributed by atoms with E-state index in [0.717, 1.165) is 5.56 Å². The number of nitrogens with one attached hydrogen (secondary N) is 1. The van der Waals surface area contributed by atoms with Crippen LogP contribution in [0.2, 0.25) is 0 Å². The molecule has 0 radical (unpaired) electrons. The van der Waals surface area contributed by atoms with E-state index in [-0.39, 0.29) is 17.3 Å². The molecule has 33 heavy (non-hydrogen) atoms. The Kier molecular flexibility index (Phi) is 6.71. The minimum atomic E-state index is -3.80. The highest BCUT2D eigenvalue weighted by molar-refractivity contribution is 7.93. The highest BCUT2D eigenvalue weighted by Crippen LogP contribution is 2.27. The number of carbonyl (C=O) groups excluding carboxylic acids is 1. The van der Waals surface area contributed by atoms with E-state index >= 15 is 0 Å². The number of aromatic nitrogens is 1. The van der Waals surface area contributed by atoms with Crippen molar-refractivity contribution in [3.05, 3.63) is 102 Å². The maximum Gasteiger partial charge on any atom is 0.266 e. The number of nitrogens with zero attached hydrogens (tertiary/aromatic N) is 2. The predicted molar refractivity (Wildman–Crippen MR) is 129 cm³/mol. The first-order valence-electron chi connectivity index (χ1n) is 9.99. The highest BCUT2D eigenvalue weighted by atomic mass is 32.2. The third-order valence-electron chi connectivity index (χ3n) is 4.85. The molecule has 0 atom stereocenters. The molecule has 7 nitrogen and oxygen atoms in total. The number of rotatable bonds is 8. The van der Waals surface area contributed by atoms with Gasteiger partial charge in [0.05, 0.1) is 18.6 Å². The summed E-state index contributed by atoms with van der Waals surface area (Å²) in [7, 11) is -2.22. The molecule has 0 fully saturated rings. The second kappa shape index (κ2) is 9.85. The summed E-state index contributed by atoms with van der Waals surface area (Å²) in [6.45, 7) is 0.0884. The minimum Gasteiger partial charge on any atom is -0.497 e. The molecule has 4 rings (SSSR count). The van der Waals surface area contributed by atoms with Crippen LogP contribution in [0.1, 0.15) is 15.9 Å². The minimum absolute atomic E-state index is 0.0884. The molecule has 4 aromatic rings. The maximum atomic E-state index is 13.3. The van der Waals surface area contributed by atoms with Crippen molar-refractivity contribution in [3.8, 4) is 5.75 Å². The van der Waals surface area contributed by atoms with Crippen molar-refractivity contribution in [2.24, 2.45) is 0 Å². The molecule has 0 saturated heterocycles. The Hall–Kier alpha value is -3.69. The normalized spacial score (nSPS) is 11.1. The van der Waals surface area contributed by atoms with E-state index in [0.29, 0.717) is 22.1 Å². The van der Waals surface area contributed by atoms with Gasteiger partial charge >= 0.3 is 0 Å². The number of anilines is 2. The average molecular weight is 480 g/mol. The van der Waals surface area contributed by atoms with E-state index in [9.17, 15) is 13.2 Å². The smallest absolute Gasteiger partial charge is 0.266 e. The Morgan fingerprint density at radius 2 is 1.70 bits per heavy atom. The van der Waals surface area contributed by atoms with Crippen molar-refractivity contribution >= 4 is 38.1 Å². The zero-order valence-electron chi connectivity index (χ0n) is 17.7. The molecule has 1 aromatic heterocycles. The van der Waals surface area contributed by atoms with Gasteiger partial charge in [-0.2, -0.15) is 0 Å². The summed E-state index contributed by atoms with van der Waals surface area (Å²) in [5, 5.41) is 4.94. The van der Waals surface area contributed by atoms with Crippen LogP contribution in [0.25, 0.3) is 0 Å². The quantitative estimate of drug-likeness (QED) is 0.392. The predicted octanol–water partition coefficient (Wildman–Crippen LogP) is 4.80. The Balaban J connectivity index is 1.52. The van der Waals surface area contributed by atoms with Crippen LogP contribution >= 0.6 is 11.3 Å². The third kappa shape index (κ3) is 5.21. The fraction of sp³-hybridized carbons (Fsp3) is 0.0833. The summed E-state index contributed by atoms with van der Waals surface area (Å²) in [6, 6.07) is 22.1. The molecular weight excluding hydrogens is 458 g/mol. The van der Waals surface area contributed by atoms with Gasteiger partial charge in [0.1, 0.15) is 5.75 Å². The Morgan fingerprint density at radius 3 is 2.30 bits per heavy atom. The lowest BCUT2D eigenvalue weighted by atomic mass is 10.1. The van der Waals surface area contributed by atoms with Gasteiger partial charge in [-0.1, -0.05) is 30.3 Å². The number of sulfonamides is 1. The van der Waals surface area contributed by atoms with Crippen LogP contribution in [-0.2, 0) is 16.6 Å². The molecule has 0 aliphatic heterocycles. The van der Waals surface area contributed by atoms with E-state index in [2.05, 4.69) is 10.3 Å². The van der Waals surface area contributed by atoms with Crippen LogP contribution in [-0.4, -0.2) is 26.4 Å². The lowest BCUT2D eigenvalue weighted by Crippen LogP contribution is -2.30. The molecule has 0 aliphatic carbocycles. The van der Waals surface area contributed by atoms with Crippen LogP contribution in [0.15, 0.2) is 95.3 Å². The number of methoxy groups -OCH3 is 1. The van der Waals surface area contributed by atoms with Crippen molar-refractivity contribution in [2.45, 2.75) is 11.4 Å². The summed E-state index contributed by atoms with van der Waals surface area (Å²) >= 11 is 1.25. The lowest BCUT2D eigenvalue weighted by Gasteiger charge is -2.22. The topological polar surface area (TPSA) is 88.6 Å². The molecule has 3 aromatic carbocycles. The molecule has 0 aliphatic rings. The van der Waals surface area contributed by atoms with Crippen molar-refractivity contribution in [1.29, 1.82) is 0 Å². The second-order valence-electron chi connectivity index (χ2n) is 7.02. The van der Waals surface area contributed by atoms with Crippen LogP contribution < -0.4 is 14.4 Å². The Morgan fingerprint density at radius 1 is 1.00 bits per heavy atom. The van der Waals surface area contributed by atoms with Crippen molar-refractivity contribution in [1.82, 2.24) is 4.98 Å². The van der Waals surface area contributed by atoms with Gasteiger partial charge in [0.2, 0.25) is 0 Å². The van der Waals surface area contributed by atoms with Crippen molar-refractivity contribution in [2.75, 3.05) is 16.7 Å². The van der Waals surface area contributed by atoms with E-state index in [4.69, 9.17) is 4.74 Å². The molecule has 1 heterocycles. The van der Waals surface area contributed by atoms with Gasteiger partial charge in [0.25, 0.3) is 15.9 Å². The largest absolute Gasteiger partial charge is 0.497 e. The van der Waals surface area contributed by atoms with Gasteiger partial charge in [-0.15, -0.1) is 11.3 Å². The van der Waals surface area contributed by atoms with Gasteiger partial charge in [-0.05, 0) is 54.1 Å². The standard InChI is InChI=1S/C24H21N3O4S2/c1-31-21-13-11-20(12-14-21)26-23(28)19-9-7-18(8-10-19)17-27(24-25-15-16-32-24)33(29,30)22-5-3-2-4-6-22/h2-16H,17H2,1H3,(H,26,28). The number of hydrogen-bond donors (Lipinski definition) is 1. The molecule has 0 unspecified atom stereocenters. The van der Waals surface area contributed by atoms with Gasteiger partial charge in [-0.25, -0.2) is 17.7 Å². The maximum absolute atomic E-state index is 13.3. The molecule has 0 saturated carbocycles. The zero-order chi connectivity index (χ0) is 23.3. The summed E-state index contributed by atoms with van der Waals surface area (Å²) in [4.78, 5) is 17.0. The number of hydrogen-bond acceptors (Lipinski definition) is 6. The highest BCUT2D eigenvalue weighted by Gasteiger charge is 2.27. The van der Waals surface area contributed by atoms with E-state index in [1.165, 1.54) is 15.6 Å². The number of amides is 1. The third-order valence-corrected chi connectivity index (χ3v) is 7.51. The van der Waals surface area contributed by atoms with Crippen LogP contribution in [0, 0.1) is 0 Å².